The van der Waals surface area contributed by atoms with Crippen molar-refractivity contribution in [3.8, 4) is 0 Å². The molecule has 0 amide bonds. The summed E-state index contributed by atoms with van der Waals surface area (Å²) in [6.45, 7) is 4.59. The topological polar surface area (TPSA) is 85.1 Å². The minimum Gasteiger partial charge on any atom is -0.357 e. The Labute approximate surface area is 116 Å². The smallest absolute Gasteiger partial charge is 0.238 e. The zero-order valence-corrected chi connectivity index (χ0v) is 12.3. The second-order valence-electron chi connectivity index (χ2n) is 4.20. The van der Waals surface area contributed by atoms with Crippen molar-refractivity contribution in [3.05, 3.63) is 40.4 Å². The molecule has 7 heteroatoms. The lowest BCUT2D eigenvalue weighted by Crippen LogP contribution is -2.12. The summed E-state index contributed by atoms with van der Waals surface area (Å²) in [6.07, 6.45) is 0. The predicted molar refractivity (Wildman–Crippen MR) is 76.7 cm³/mol. The summed E-state index contributed by atoms with van der Waals surface area (Å²) in [5.41, 5.74) is 2.00. The van der Waals surface area contributed by atoms with E-state index in [1.54, 1.807) is 23.5 Å². The number of rotatable bonds is 4. The zero-order valence-electron chi connectivity index (χ0n) is 10.7. The second kappa shape index (κ2) is 5.28. The Morgan fingerprint density at radius 3 is 2.37 bits per heavy atom. The van der Waals surface area contributed by atoms with Crippen molar-refractivity contribution < 1.29 is 8.42 Å². The van der Waals surface area contributed by atoms with Crippen LogP contribution in [0.25, 0.3) is 0 Å². The van der Waals surface area contributed by atoms with Gasteiger partial charge in [-0.25, -0.2) is 18.5 Å². The van der Waals surface area contributed by atoms with Crippen LogP contribution >= 0.6 is 11.3 Å². The number of aromatic nitrogens is 1. The number of aryl methyl sites for hydroxylation is 2. The van der Waals surface area contributed by atoms with Gasteiger partial charge in [-0.15, -0.1) is 11.3 Å². The average Bonchev–Trinajstić information content (AvgIpc) is 2.66. The van der Waals surface area contributed by atoms with Crippen molar-refractivity contribution in [3.63, 3.8) is 0 Å². The summed E-state index contributed by atoms with van der Waals surface area (Å²) in [5.74, 6) is 0. The van der Waals surface area contributed by atoms with Crippen LogP contribution in [-0.4, -0.2) is 13.4 Å². The maximum absolute atomic E-state index is 11.1. The normalized spacial score (nSPS) is 11.5. The molecule has 102 valence electrons. The van der Waals surface area contributed by atoms with Gasteiger partial charge in [0.15, 0.2) is 5.13 Å². The van der Waals surface area contributed by atoms with Gasteiger partial charge in [-0.3, -0.25) is 0 Å². The molecule has 0 bridgehead atoms. The van der Waals surface area contributed by atoms with Crippen molar-refractivity contribution in [1.29, 1.82) is 0 Å². The van der Waals surface area contributed by atoms with Gasteiger partial charge in [0.25, 0.3) is 0 Å². The highest BCUT2D eigenvalue weighted by Gasteiger charge is 2.07. The summed E-state index contributed by atoms with van der Waals surface area (Å²) in [7, 11) is -3.62. The molecule has 0 unspecified atom stereocenters. The van der Waals surface area contributed by atoms with Crippen LogP contribution < -0.4 is 10.5 Å². The fourth-order valence-electron chi connectivity index (χ4n) is 1.52. The van der Waals surface area contributed by atoms with Crippen LogP contribution in [-0.2, 0) is 16.6 Å². The van der Waals surface area contributed by atoms with E-state index in [1.165, 1.54) is 17.0 Å². The lowest BCUT2D eigenvalue weighted by atomic mass is 10.2. The van der Waals surface area contributed by atoms with Gasteiger partial charge in [-0.05, 0) is 31.5 Å². The van der Waals surface area contributed by atoms with Crippen LogP contribution in [0.15, 0.2) is 29.2 Å². The van der Waals surface area contributed by atoms with E-state index >= 15 is 0 Å². The first-order valence-electron chi connectivity index (χ1n) is 5.66. The Kier molecular flexibility index (Phi) is 3.88. The molecule has 1 aromatic heterocycles. The molecule has 0 spiro atoms. The molecule has 0 aliphatic rings. The standard InChI is InChI=1S/C12H15N3O2S2/c1-8-9(2)18-12(15-8)14-7-10-3-5-11(6-4-10)19(13,16)17/h3-6H,7H2,1-2H3,(H,14,15)(H2,13,16,17). The fourth-order valence-corrected chi connectivity index (χ4v) is 2.85. The maximum Gasteiger partial charge on any atom is 0.238 e. The van der Waals surface area contributed by atoms with Crippen LogP contribution in [0.5, 0.6) is 0 Å². The number of hydrogen-bond donors (Lipinski definition) is 2. The Morgan fingerprint density at radius 2 is 1.89 bits per heavy atom. The first-order chi connectivity index (χ1) is 8.86. The predicted octanol–water partition coefficient (Wildman–Crippen LogP) is 2.02. The molecule has 2 aromatic rings. The minimum atomic E-state index is -3.62. The number of nitrogens with zero attached hydrogens (tertiary/aromatic N) is 1. The molecule has 1 heterocycles. The molecule has 1 aromatic carbocycles. The molecular formula is C12H15N3O2S2. The lowest BCUT2D eigenvalue weighted by molar-refractivity contribution is 0.598. The van der Waals surface area contributed by atoms with E-state index < -0.39 is 10.0 Å². The number of sulfonamides is 1. The largest absolute Gasteiger partial charge is 0.357 e. The van der Waals surface area contributed by atoms with Crippen LogP contribution in [0.3, 0.4) is 0 Å². The third-order valence-corrected chi connectivity index (χ3v) is 4.68. The summed E-state index contributed by atoms with van der Waals surface area (Å²) in [4.78, 5) is 5.68. The molecule has 0 aliphatic heterocycles. The quantitative estimate of drug-likeness (QED) is 0.904. The van der Waals surface area contributed by atoms with Gasteiger partial charge in [-0.2, -0.15) is 0 Å². The molecule has 0 fully saturated rings. The molecule has 0 radical (unpaired) electrons. The monoisotopic (exact) mass is 297 g/mol. The van der Waals surface area contributed by atoms with Gasteiger partial charge in [0.1, 0.15) is 0 Å². The van der Waals surface area contributed by atoms with Crippen LogP contribution in [0.4, 0.5) is 5.13 Å². The van der Waals surface area contributed by atoms with E-state index in [4.69, 9.17) is 5.14 Å². The fraction of sp³-hybridized carbons (Fsp3) is 0.250. The van der Waals surface area contributed by atoms with Gasteiger partial charge in [0, 0.05) is 11.4 Å². The number of nitrogens with one attached hydrogen (secondary N) is 1. The molecule has 0 saturated carbocycles. The van der Waals surface area contributed by atoms with E-state index in [1.807, 2.05) is 13.8 Å². The summed E-state index contributed by atoms with van der Waals surface area (Å²) >= 11 is 1.60. The summed E-state index contributed by atoms with van der Waals surface area (Å²) in [5, 5.41) is 9.11. The van der Waals surface area contributed by atoms with Gasteiger partial charge in [0.05, 0.1) is 10.6 Å². The Hall–Kier alpha value is -1.44. The first-order valence-corrected chi connectivity index (χ1v) is 8.02. The van der Waals surface area contributed by atoms with Crippen LogP contribution in [0.2, 0.25) is 0 Å². The van der Waals surface area contributed by atoms with Gasteiger partial charge in [-0.1, -0.05) is 12.1 Å². The third-order valence-electron chi connectivity index (χ3n) is 2.72. The van der Waals surface area contributed by atoms with Gasteiger partial charge >= 0.3 is 0 Å². The Morgan fingerprint density at radius 1 is 1.26 bits per heavy atom. The van der Waals surface area contributed by atoms with Crippen LogP contribution in [0, 0.1) is 13.8 Å². The van der Waals surface area contributed by atoms with E-state index in [0.717, 1.165) is 16.4 Å². The van der Waals surface area contributed by atoms with E-state index in [9.17, 15) is 8.42 Å². The van der Waals surface area contributed by atoms with Crippen molar-refractivity contribution in [1.82, 2.24) is 4.98 Å². The van der Waals surface area contributed by atoms with E-state index in [2.05, 4.69) is 10.3 Å². The molecular weight excluding hydrogens is 282 g/mol. The SMILES string of the molecule is Cc1nc(NCc2ccc(S(N)(=O)=O)cc2)sc1C. The number of anilines is 1. The highest BCUT2D eigenvalue weighted by Crippen LogP contribution is 2.21. The molecule has 0 saturated heterocycles. The maximum atomic E-state index is 11.1. The summed E-state index contributed by atoms with van der Waals surface area (Å²) < 4.78 is 22.2. The number of thiazole rings is 1. The number of hydrogen-bond acceptors (Lipinski definition) is 5. The highest BCUT2D eigenvalue weighted by molar-refractivity contribution is 7.89. The highest BCUT2D eigenvalue weighted by atomic mass is 32.2. The van der Waals surface area contributed by atoms with E-state index in [-0.39, 0.29) is 4.90 Å². The average molecular weight is 297 g/mol. The summed E-state index contributed by atoms with van der Waals surface area (Å²) in [6, 6.07) is 6.48. The first kappa shape index (κ1) is 14.0. The minimum absolute atomic E-state index is 0.122. The molecule has 2 rings (SSSR count). The Bertz CT molecular complexity index is 656. The molecule has 19 heavy (non-hydrogen) atoms. The van der Waals surface area contributed by atoms with Crippen molar-refractivity contribution in [2.75, 3.05) is 5.32 Å². The second-order valence-corrected chi connectivity index (χ2v) is 6.97. The molecule has 3 N–H and O–H groups in total. The van der Waals surface area contributed by atoms with Crippen molar-refractivity contribution in [2.24, 2.45) is 5.14 Å². The molecule has 5 nitrogen and oxygen atoms in total. The van der Waals surface area contributed by atoms with Crippen molar-refractivity contribution >= 4 is 26.5 Å². The lowest BCUT2D eigenvalue weighted by Gasteiger charge is -2.04. The number of benzene rings is 1. The van der Waals surface area contributed by atoms with Gasteiger partial charge < -0.3 is 5.32 Å². The molecule has 0 atom stereocenters. The zero-order chi connectivity index (χ0) is 14.0. The molecule has 0 aliphatic carbocycles. The third kappa shape index (κ3) is 3.52. The van der Waals surface area contributed by atoms with Gasteiger partial charge in [0.2, 0.25) is 10.0 Å². The number of primary sulfonamides is 1. The van der Waals surface area contributed by atoms with E-state index in [0.29, 0.717) is 6.54 Å². The van der Waals surface area contributed by atoms with Crippen LogP contribution in [0.1, 0.15) is 16.1 Å². The Balaban J connectivity index is 2.04. The van der Waals surface area contributed by atoms with Crippen molar-refractivity contribution in [2.45, 2.75) is 25.3 Å². The number of nitrogens with two attached hydrogens (primary N) is 1.